The van der Waals surface area contributed by atoms with Crippen LogP contribution in [-0.4, -0.2) is 0 Å². The van der Waals surface area contributed by atoms with Crippen molar-refractivity contribution in [2.24, 2.45) is 5.92 Å². The molecule has 15 heavy (non-hydrogen) atoms. The molecule has 0 spiro atoms. The average molecular weight is 210 g/mol. The third-order valence-electron chi connectivity index (χ3n) is 3.16. The molecular weight excluding hydrogens is 180 g/mol. The molecule has 0 nitrogen and oxygen atoms in total. The van der Waals surface area contributed by atoms with Crippen LogP contribution >= 0.6 is 0 Å². The van der Waals surface area contributed by atoms with Gasteiger partial charge in [0.25, 0.3) is 0 Å². The SMILES string of the molecule is C=CCCCC(C)CCCCCCCC. The van der Waals surface area contributed by atoms with Crippen molar-refractivity contribution in [2.75, 3.05) is 0 Å². The monoisotopic (exact) mass is 210 g/mol. The Kier molecular flexibility index (Phi) is 11.6. The summed E-state index contributed by atoms with van der Waals surface area (Å²) in [5.74, 6) is 0.927. The molecule has 90 valence electrons. The number of rotatable bonds is 11. The standard InChI is InChI=1S/C15H30/c1-4-6-8-9-10-12-14-15(3)13-11-7-5-2/h5,15H,2,4,6-14H2,1,3H3. The van der Waals surface area contributed by atoms with E-state index in [1.165, 1.54) is 64.2 Å². The zero-order valence-corrected chi connectivity index (χ0v) is 10.9. The Bertz CT molecular complexity index is 126. The number of hydrogen-bond acceptors (Lipinski definition) is 0. The molecule has 1 unspecified atom stereocenters. The first-order valence-electron chi connectivity index (χ1n) is 6.92. The van der Waals surface area contributed by atoms with E-state index in [4.69, 9.17) is 0 Å². The Morgan fingerprint density at radius 1 is 0.933 bits per heavy atom. The summed E-state index contributed by atoms with van der Waals surface area (Å²) in [6, 6.07) is 0. The molecule has 0 rings (SSSR count). The second-order valence-electron chi connectivity index (χ2n) is 4.88. The van der Waals surface area contributed by atoms with Gasteiger partial charge >= 0.3 is 0 Å². The van der Waals surface area contributed by atoms with Gasteiger partial charge in [0.15, 0.2) is 0 Å². The largest absolute Gasteiger partial charge is 0.103 e. The highest BCUT2D eigenvalue weighted by Crippen LogP contribution is 2.16. The van der Waals surface area contributed by atoms with E-state index in [1.54, 1.807) is 0 Å². The Morgan fingerprint density at radius 2 is 1.53 bits per heavy atom. The fraction of sp³-hybridized carbons (Fsp3) is 0.867. The van der Waals surface area contributed by atoms with Gasteiger partial charge < -0.3 is 0 Å². The summed E-state index contributed by atoms with van der Waals surface area (Å²) in [5, 5.41) is 0. The highest BCUT2D eigenvalue weighted by Gasteiger charge is 2.00. The van der Waals surface area contributed by atoms with Gasteiger partial charge in [0, 0.05) is 0 Å². The summed E-state index contributed by atoms with van der Waals surface area (Å²) in [7, 11) is 0. The Hall–Kier alpha value is -0.260. The van der Waals surface area contributed by atoms with Crippen molar-refractivity contribution < 1.29 is 0 Å². The van der Waals surface area contributed by atoms with E-state index in [1.807, 2.05) is 6.08 Å². The molecule has 0 radical (unpaired) electrons. The van der Waals surface area contributed by atoms with Gasteiger partial charge in [-0.3, -0.25) is 0 Å². The molecular formula is C15H30. The third-order valence-corrected chi connectivity index (χ3v) is 3.16. The number of unbranched alkanes of at least 4 members (excludes halogenated alkanes) is 6. The van der Waals surface area contributed by atoms with Crippen LogP contribution in [0, 0.1) is 5.92 Å². The molecule has 0 heteroatoms. The minimum Gasteiger partial charge on any atom is -0.103 e. The van der Waals surface area contributed by atoms with Gasteiger partial charge in [0.05, 0.1) is 0 Å². The van der Waals surface area contributed by atoms with Crippen LogP contribution in [0.1, 0.15) is 78.1 Å². The van der Waals surface area contributed by atoms with Gasteiger partial charge in [-0.25, -0.2) is 0 Å². The molecule has 0 aromatic rings. The molecule has 0 amide bonds. The fourth-order valence-corrected chi connectivity index (χ4v) is 2.03. The van der Waals surface area contributed by atoms with Crippen molar-refractivity contribution in [1.29, 1.82) is 0 Å². The zero-order valence-electron chi connectivity index (χ0n) is 10.9. The minimum absolute atomic E-state index is 0.927. The number of allylic oxidation sites excluding steroid dienone is 1. The molecule has 0 aliphatic rings. The van der Waals surface area contributed by atoms with Gasteiger partial charge in [0.2, 0.25) is 0 Å². The van der Waals surface area contributed by atoms with Gasteiger partial charge in [-0.2, -0.15) is 0 Å². The minimum atomic E-state index is 0.927. The highest BCUT2D eigenvalue weighted by atomic mass is 14.1. The topological polar surface area (TPSA) is 0 Å². The van der Waals surface area contributed by atoms with Gasteiger partial charge in [-0.1, -0.05) is 71.3 Å². The lowest BCUT2D eigenvalue weighted by Crippen LogP contribution is -1.94. The van der Waals surface area contributed by atoms with E-state index in [2.05, 4.69) is 20.4 Å². The quantitative estimate of drug-likeness (QED) is 0.302. The van der Waals surface area contributed by atoms with Crippen molar-refractivity contribution in [2.45, 2.75) is 78.1 Å². The van der Waals surface area contributed by atoms with Crippen LogP contribution < -0.4 is 0 Å². The average Bonchev–Trinajstić information content (AvgIpc) is 2.23. The third kappa shape index (κ3) is 11.7. The molecule has 0 fully saturated rings. The van der Waals surface area contributed by atoms with Crippen LogP contribution in [0.4, 0.5) is 0 Å². The molecule has 0 aromatic heterocycles. The summed E-state index contributed by atoms with van der Waals surface area (Å²) < 4.78 is 0. The van der Waals surface area contributed by atoms with Crippen LogP contribution in [0.25, 0.3) is 0 Å². The number of hydrogen-bond donors (Lipinski definition) is 0. The van der Waals surface area contributed by atoms with E-state index in [0.717, 1.165) is 5.92 Å². The van der Waals surface area contributed by atoms with Crippen molar-refractivity contribution >= 4 is 0 Å². The van der Waals surface area contributed by atoms with Crippen LogP contribution in [0.5, 0.6) is 0 Å². The zero-order chi connectivity index (χ0) is 11.4. The maximum atomic E-state index is 3.76. The van der Waals surface area contributed by atoms with Gasteiger partial charge in [-0.05, 0) is 18.8 Å². The normalized spacial score (nSPS) is 12.7. The molecule has 0 heterocycles. The molecule has 0 aliphatic carbocycles. The van der Waals surface area contributed by atoms with Crippen LogP contribution in [-0.2, 0) is 0 Å². The Labute approximate surface area is 97.2 Å². The lowest BCUT2D eigenvalue weighted by atomic mass is 9.97. The molecule has 0 aromatic carbocycles. The molecule has 1 atom stereocenters. The molecule has 0 bridgehead atoms. The summed E-state index contributed by atoms with van der Waals surface area (Å²) in [5.41, 5.74) is 0. The Morgan fingerprint density at radius 3 is 2.20 bits per heavy atom. The summed E-state index contributed by atoms with van der Waals surface area (Å²) >= 11 is 0. The van der Waals surface area contributed by atoms with Crippen molar-refractivity contribution in [3.8, 4) is 0 Å². The smallest absolute Gasteiger partial charge is 0.0353 e. The van der Waals surface area contributed by atoms with Crippen molar-refractivity contribution in [3.63, 3.8) is 0 Å². The van der Waals surface area contributed by atoms with E-state index in [0.29, 0.717) is 0 Å². The van der Waals surface area contributed by atoms with E-state index >= 15 is 0 Å². The summed E-state index contributed by atoms with van der Waals surface area (Å²) in [6.45, 7) is 8.44. The second-order valence-corrected chi connectivity index (χ2v) is 4.88. The molecule has 0 N–H and O–H groups in total. The Balaban J connectivity index is 3.09. The maximum Gasteiger partial charge on any atom is -0.0353 e. The molecule has 0 aliphatic heterocycles. The van der Waals surface area contributed by atoms with E-state index in [-0.39, 0.29) is 0 Å². The predicted octanol–water partition coefficient (Wildman–Crippen LogP) is 5.73. The first kappa shape index (κ1) is 14.7. The predicted molar refractivity (Wildman–Crippen MR) is 71.2 cm³/mol. The maximum absolute atomic E-state index is 3.76. The van der Waals surface area contributed by atoms with E-state index < -0.39 is 0 Å². The lowest BCUT2D eigenvalue weighted by Gasteiger charge is -2.09. The fourth-order valence-electron chi connectivity index (χ4n) is 2.03. The first-order valence-corrected chi connectivity index (χ1v) is 6.92. The lowest BCUT2D eigenvalue weighted by molar-refractivity contribution is 0.445. The van der Waals surface area contributed by atoms with Crippen LogP contribution in [0.2, 0.25) is 0 Å². The second kappa shape index (κ2) is 11.8. The molecule has 0 saturated carbocycles. The summed E-state index contributed by atoms with van der Waals surface area (Å²) in [4.78, 5) is 0. The summed E-state index contributed by atoms with van der Waals surface area (Å²) in [6.07, 6.45) is 16.0. The van der Waals surface area contributed by atoms with Gasteiger partial charge in [0.1, 0.15) is 0 Å². The van der Waals surface area contributed by atoms with Gasteiger partial charge in [-0.15, -0.1) is 6.58 Å². The molecule has 0 saturated heterocycles. The first-order chi connectivity index (χ1) is 7.31. The van der Waals surface area contributed by atoms with Crippen LogP contribution in [0.15, 0.2) is 12.7 Å². The highest BCUT2D eigenvalue weighted by molar-refractivity contribution is 4.66. The van der Waals surface area contributed by atoms with Crippen molar-refractivity contribution in [3.05, 3.63) is 12.7 Å². The van der Waals surface area contributed by atoms with Crippen LogP contribution in [0.3, 0.4) is 0 Å². The van der Waals surface area contributed by atoms with E-state index in [9.17, 15) is 0 Å². The van der Waals surface area contributed by atoms with Crippen molar-refractivity contribution in [1.82, 2.24) is 0 Å².